The van der Waals surface area contributed by atoms with E-state index < -0.39 is 0 Å². The Hall–Kier alpha value is -0.120. The average molecular weight is 241 g/mol. The number of likely N-dealkylation sites (tertiary alicyclic amines) is 1. The summed E-state index contributed by atoms with van der Waals surface area (Å²) in [5, 5.41) is 3.53. The van der Waals surface area contributed by atoms with Crippen LogP contribution in [-0.2, 0) is 0 Å². The Morgan fingerprint density at radius 2 is 2.00 bits per heavy atom. The zero-order valence-corrected chi connectivity index (χ0v) is 12.2. The Labute approximate surface area is 108 Å². The molecule has 3 nitrogen and oxygen atoms in total. The first-order valence-corrected chi connectivity index (χ1v) is 7.41. The molecular weight excluding hydrogens is 210 g/mol. The summed E-state index contributed by atoms with van der Waals surface area (Å²) < 4.78 is 0. The molecule has 1 heterocycles. The third-order valence-electron chi connectivity index (χ3n) is 4.01. The topological polar surface area (TPSA) is 18.5 Å². The van der Waals surface area contributed by atoms with Crippen LogP contribution in [0.2, 0.25) is 0 Å². The van der Waals surface area contributed by atoms with Crippen molar-refractivity contribution in [3.8, 4) is 0 Å². The lowest BCUT2D eigenvalue weighted by molar-refractivity contribution is 0.191. The number of nitrogens with zero attached hydrogens (tertiary/aromatic N) is 2. The van der Waals surface area contributed by atoms with E-state index in [1.54, 1.807) is 0 Å². The van der Waals surface area contributed by atoms with Crippen molar-refractivity contribution < 1.29 is 0 Å². The van der Waals surface area contributed by atoms with Gasteiger partial charge in [0.1, 0.15) is 0 Å². The van der Waals surface area contributed by atoms with Gasteiger partial charge in [-0.25, -0.2) is 0 Å². The number of rotatable bonds is 8. The SMILES string of the molecule is CCCNCC(C)N1CCC(N(CC)CC)C1. The van der Waals surface area contributed by atoms with Crippen LogP contribution in [0.5, 0.6) is 0 Å². The number of nitrogens with one attached hydrogen (secondary N) is 1. The van der Waals surface area contributed by atoms with Gasteiger partial charge in [0.25, 0.3) is 0 Å². The summed E-state index contributed by atoms with van der Waals surface area (Å²) in [6.07, 6.45) is 2.58. The van der Waals surface area contributed by atoms with Crippen LogP contribution < -0.4 is 5.32 Å². The largest absolute Gasteiger partial charge is 0.315 e. The van der Waals surface area contributed by atoms with E-state index in [0.29, 0.717) is 6.04 Å². The van der Waals surface area contributed by atoms with Crippen LogP contribution in [0.25, 0.3) is 0 Å². The standard InChI is InChI=1S/C14H31N3/c1-5-9-15-11-13(4)17-10-8-14(12-17)16(6-2)7-3/h13-15H,5-12H2,1-4H3. The minimum Gasteiger partial charge on any atom is -0.315 e. The maximum Gasteiger partial charge on any atom is 0.0235 e. The van der Waals surface area contributed by atoms with E-state index in [1.165, 1.54) is 39.0 Å². The molecule has 0 radical (unpaired) electrons. The summed E-state index contributed by atoms with van der Waals surface area (Å²) in [4.78, 5) is 5.25. The summed E-state index contributed by atoms with van der Waals surface area (Å²) in [5.41, 5.74) is 0. The quantitative estimate of drug-likeness (QED) is 0.654. The minimum absolute atomic E-state index is 0.683. The molecule has 0 aromatic rings. The summed E-state index contributed by atoms with van der Waals surface area (Å²) in [7, 11) is 0. The van der Waals surface area contributed by atoms with E-state index in [1.807, 2.05) is 0 Å². The lowest BCUT2D eigenvalue weighted by Gasteiger charge is -2.28. The first-order valence-electron chi connectivity index (χ1n) is 7.41. The predicted molar refractivity (Wildman–Crippen MR) is 75.5 cm³/mol. The van der Waals surface area contributed by atoms with Crippen molar-refractivity contribution in [1.82, 2.24) is 15.1 Å². The van der Waals surface area contributed by atoms with Crippen molar-refractivity contribution in [3.05, 3.63) is 0 Å². The van der Waals surface area contributed by atoms with E-state index >= 15 is 0 Å². The fourth-order valence-corrected chi connectivity index (χ4v) is 2.82. The van der Waals surface area contributed by atoms with Crippen molar-refractivity contribution in [2.45, 2.75) is 52.6 Å². The maximum atomic E-state index is 3.53. The van der Waals surface area contributed by atoms with Gasteiger partial charge in [-0.1, -0.05) is 20.8 Å². The highest BCUT2D eigenvalue weighted by atomic mass is 15.3. The number of hydrogen-bond acceptors (Lipinski definition) is 3. The van der Waals surface area contributed by atoms with Gasteiger partial charge in [0, 0.05) is 31.7 Å². The van der Waals surface area contributed by atoms with Crippen molar-refractivity contribution in [2.75, 3.05) is 39.3 Å². The van der Waals surface area contributed by atoms with Crippen LogP contribution in [0, 0.1) is 0 Å². The lowest BCUT2D eigenvalue weighted by atomic mass is 10.2. The molecule has 17 heavy (non-hydrogen) atoms. The van der Waals surface area contributed by atoms with Crippen LogP contribution in [0.15, 0.2) is 0 Å². The predicted octanol–water partition coefficient (Wildman–Crippen LogP) is 1.79. The third kappa shape index (κ3) is 4.57. The molecule has 0 saturated carbocycles. The Balaban J connectivity index is 2.28. The molecule has 0 spiro atoms. The van der Waals surface area contributed by atoms with Gasteiger partial charge in [0.15, 0.2) is 0 Å². The second kappa shape index (κ2) is 8.06. The summed E-state index contributed by atoms with van der Waals surface area (Å²) in [5.74, 6) is 0. The van der Waals surface area contributed by atoms with E-state index in [2.05, 4.69) is 42.8 Å². The average Bonchev–Trinajstić information content (AvgIpc) is 2.80. The Kier molecular flexibility index (Phi) is 7.09. The van der Waals surface area contributed by atoms with Crippen LogP contribution in [0.4, 0.5) is 0 Å². The molecule has 1 fully saturated rings. The first-order chi connectivity index (χ1) is 8.22. The second-order valence-corrected chi connectivity index (χ2v) is 5.21. The van der Waals surface area contributed by atoms with Gasteiger partial charge in [-0.2, -0.15) is 0 Å². The molecule has 1 aliphatic heterocycles. The molecule has 3 heteroatoms. The van der Waals surface area contributed by atoms with E-state index in [-0.39, 0.29) is 0 Å². The van der Waals surface area contributed by atoms with Crippen molar-refractivity contribution in [2.24, 2.45) is 0 Å². The molecule has 0 bridgehead atoms. The molecule has 102 valence electrons. The molecule has 0 amide bonds. The third-order valence-corrected chi connectivity index (χ3v) is 4.01. The Morgan fingerprint density at radius 3 is 2.59 bits per heavy atom. The van der Waals surface area contributed by atoms with Crippen LogP contribution in [0.3, 0.4) is 0 Å². The molecule has 2 unspecified atom stereocenters. The van der Waals surface area contributed by atoms with Gasteiger partial charge in [0.05, 0.1) is 0 Å². The minimum atomic E-state index is 0.683. The van der Waals surface area contributed by atoms with Gasteiger partial charge >= 0.3 is 0 Å². The maximum absolute atomic E-state index is 3.53. The van der Waals surface area contributed by atoms with Crippen LogP contribution >= 0.6 is 0 Å². The number of likely N-dealkylation sites (N-methyl/N-ethyl adjacent to an activating group) is 1. The molecule has 1 aliphatic rings. The van der Waals surface area contributed by atoms with Gasteiger partial charge in [-0.15, -0.1) is 0 Å². The Morgan fingerprint density at radius 1 is 1.29 bits per heavy atom. The van der Waals surface area contributed by atoms with E-state index in [0.717, 1.165) is 19.1 Å². The second-order valence-electron chi connectivity index (χ2n) is 5.21. The van der Waals surface area contributed by atoms with Gasteiger partial charge in [-0.3, -0.25) is 9.80 Å². The smallest absolute Gasteiger partial charge is 0.0235 e. The lowest BCUT2D eigenvalue weighted by Crippen LogP contribution is -2.42. The highest BCUT2D eigenvalue weighted by molar-refractivity contribution is 4.85. The zero-order chi connectivity index (χ0) is 12.7. The summed E-state index contributed by atoms with van der Waals surface area (Å²) >= 11 is 0. The van der Waals surface area contributed by atoms with Gasteiger partial charge in [-0.05, 0) is 39.4 Å². The molecule has 0 aromatic heterocycles. The van der Waals surface area contributed by atoms with Crippen LogP contribution in [0.1, 0.15) is 40.5 Å². The highest BCUT2D eigenvalue weighted by Gasteiger charge is 2.28. The molecule has 2 atom stereocenters. The van der Waals surface area contributed by atoms with Crippen LogP contribution in [-0.4, -0.2) is 61.2 Å². The van der Waals surface area contributed by atoms with E-state index in [4.69, 9.17) is 0 Å². The summed E-state index contributed by atoms with van der Waals surface area (Å²) in [6.45, 7) is 16.3. The fourth-order valence-electron chi connectivity index (χ4n) is 2.82. The molecule has 1 N–H and O–H groups in total. The van der Waals surface area contributed by atoms with Crippen molar-refractivity contribution in [1.29, 1.82) is 0 Å². The normalized spacial score (nSPS) is 23.5. The van der Waals surface area contributed by atoms with Gasteiger partial charge in [0.2, 0.25) is 0 Å². The fraction of sp³-hybridized carbons (Fsp3) is 1.00. The van der Waals surface area contributed by atoms with Gasteiger partial charge < -0.3 is 5.32 Å². The molecule has 0 aromatic carbocycles. The Bertz CT molecular complexity index is 192. The van der Waals surface area contributed by atoms with Crippen molar-refractivity contribution >= 4 is 0 Å². The molecule has 0 aliphatic carbocycles. The van der Waals surface area contributed by atoms with Crippen molar-refractivity contribution in [3.63, 3.8) is 0 Å². The highest BCUT2D eigenvalue weighted by Crippen LogP contribution is 2.17. The first kappa shape index (κ1) is 14.9. The summed E-state index contributed by atoms with van der Waals surface area (Å²) in [6, 6.07) is 1.47. The monoisotopic (exact) mass is 241 g/mol. The number of hydrogen-bond donors (Lipinski definition) is 1. The molecule has 1 rings (SSSR count). The molecular formula is C14H31N3. The van der Waals surface area contributed by atoms with E-state index in [9.17, 15) is 0 Å². The zero-order valence-electron chi connectivity index (χ0n) is 12.2. The molecule has 1 saturated heterocycles.